The molecule has 4 rings (SSSR count). The Morgan fingerprint density at radius 1 is 1.11 bits per heavy atom. The highest BCUT2D eigenvalue weighted by Gasteiger charge is 2.27. The molecule has 2 heterocycles. The average molecular weight is 374 g/mol. The van der Waals surface area contributed by atoms with E-state index in [2.05, 4.69) is 62.6 Å². The first-order chi connectivity index (χ1) is 13.5. The lowest BCUT2D eigenvalue weighted by Crippen LogP contribution is -2.17. The Labute approximate surface area is 166 Å². The number of hydrogen-bond acceptors (Lipinski definition) is 3. The van der Waals surface area contributed by atoms with E-state index in [1.807, 2.05) is 12.1 Å². The van der Waals surface area contributed by atoms with Crippen molar-refractivity contribution >= 4 is 11.4 Å². The van der Waals surface area contributed by atoms with Crippen LogP contribution in [0.1, 0.15) is 44.0 Å². The first-order valence-electron chi connectivity index (χ1n) is 9.95. The molecule has 1 aliphatic heterocycles. The number of para-hydroxylation sites is 1. The lowest BCUT2D eigenvalue weighted by atomic mass is 10.1. The van der Waals surface area contributed by atoms with Crippen LogP contribution in [0.15, 0.2) is 47.5 Å². The lowest BCUT2D eigenvalue weighted by molar-refractivity contribution is 0.414. The number of ether oxygens (including phenoxy) is 1. The van der Waals surface area contributed by atoms with Crippen LogP contribution in [0.5, 0.6) is 5.75 Å². The predicted octanol–water partition coefficient (Wildman–Crippen LogP) is 6.29. The number of rotatable bonds is 4. The van der Waals surface area contributed by atoms with Crippen molar-refractivity contribution in [2.75, 3.05) is 7.11 Å². The maximum Gasteiger partial charge on any atom is 0.143 e. The topological polar surface area (TPSA) is 39.4 Å². The zero-order valence-corrected chi connectivity index (χ0v) is 17.3. The Morgan fingerprint density at radius 2 is 1.89 bits per heavy atom. The van der Waals surface area contributed by atoms with Gasteiger partial charge in [-0.1, -0.05) is 25.5 Å². The smallest absolute Gasteiger partial charge is 0.143 e. The number of fused-ring (bicyclic) bond motifs is 3. The van der Waals surface area contributed by atoms with E-state index < -0.39 is 0 Å². The Hall–Kier alpha value is -2.88. The standard InChI is InChI=1S/C24H27N3O/c1-6-9-21-16(3)27-17(4)23(18-12-15(2)13-19(14-18)28-5)26-24(27)20-10-7-8-11-22(20)25-21/h7-8,10-14,16H,6,9H2,1-5H3. The third-order valence-corrected chi connectivity index (χ3v) is 5.49. The van der Waals surface area contributed by atoms with Crippen LogP contribution in [0.2, 0.25) is 0 Å². The molecule has 0 radical (unpaired) electrons. The SMILES string of the molecule is CCCC1=Nc2ccccc2-c2nc(-c3cc(C)cc(OC)c3)c(C)n2C1C. The molecule has 0 spiro atoms. The van der Waals surface area contributed by atoms with Crippen LogP contribution >= 0.6 is 0 Å². The molecule has 0 aliphatic carbocycles. The quantitative estimate of drug-likeness (QED) is 0.539. The van der Waals surface area contributed by atoms with Gasteiger partial charge in [0.1, 0.15) is 11.6 Å². The van der Waals surface area contributed by atoms with Crippen LogP contribution in [-0.2, 0) is 0 Å². The second-order valence-electron chi connectivity index (χ2n) is 7.52. The van der Waals surface area contributed by atoms with E-state index in [4.69, 9.17) is 14.7 Å². The highest BCUT2D eigenvalue weighted by molar-refractivity contribution is 5.94. The molecule has 0 bridgehead atoms. The first-order valence-corrected chi connectivity index (χ1v) is 9.95. The van der Waals surface area contributed by atoms with Crippen LogP contribution < -0.4 is 4.74 Å². The summed E-state index contributed by atoms with van der Waals surface area (Å²) in [7, 11) is 1.71. The molecule has 0 saturated heterocycles. The van der Waals surface area contributed by atoms with E-state index in [0.29, 0.717) is 0 Å². The highest BCUT2D eigenvalue weighted by atomic mass is 16.5. The minimum Gasteiger partial charge on any atom is -0.497 e. The van der Waals surface area contributed by atoms with E-state index >= 15 is 0 Å². The molecule has 3 aromatic rings. The van der Waals surface area contributed by atoms with E-state index in [-0.39, 0.29) is 6.04 Å². The summed E-state index contributed by atoms with van der Waals surface area (Å²) >= 11 is 0. The zero-order chi connectivity index (χ0) is 19.8. The van der Waals surface area contributed by atoms with Crippen LogP contribution in [0.25, 0.3) is 22.6 Å². The molecule has 1 atom stereocenters. The maximum absolute atomic E-state index is 5.49. The molecule has 0 N–H and O–H groups in total. The fraction of sp³-hybridized carbons (Fsp3) is 0.333. The number of aliphatic imine (C=N–C) groups is 1. The van der Waals surface area contributed by atoms with E-state index in [1.54, 1.807) is 7.11 Å². The fourth-order valence-electron chi connectivity index (χ4n) is 4.13. The summed E-state index contributed by atoms with van der Waals surface area (Å²) < 4.78 is 7.84. The normalized spacial score (nSPS) is 15.5. The summed E-state index contributed by atoms with van der Waals surface area (Å²) in [5.41, 5.74) is 7.74. The summed E-state index contributed by atoms with van der Waals surface area (Å²) in [6.45, 7) is 8.69. The zero-order valence-electron chi connectivity index (χ0n) is 17.3. The molecule has 0 saturated carbocycles. The van der Waals surface area contributed by atoms with Crippen molar-refractivity contribution in [1.29, 1.82) is 0 Å². The Kier molecular flexibility index (Phi) is 4.80. The number of hydrogen-bond donors (Lipinski definition) is 0. The maximum atomic E-state index is 5.49. The van der Waals surface area contributed by atoms with Gasteiger partial charge in [0.25, 0.3) is 0 Å². The number of aromatic nitrogens is 2. The lowest BCUT2D eigenvalue weighted by Gasteiger charge is -2.18. The van der Waals surface area contributed by atoms with Gasteiger partial charge in [-0.2, -0.15) is 0 Å². The highest BCUT2D eigenvalue weighted by Crippen LogP contribution is 2.40. The second-order valence-corrected chi connectivity index (χ2v) is 7.52. The number of nitrogens with zero attached hydrogens (tertiary/aromatic N) is 3. The molecule has 1 unspecified atom stereocenters. The minimum absolute atomic E-state index is 0.176. The molecule has 0 fully saturated rings. The molecule has 4 heteroatoms. The van der Waals surface area contributed by atoms with Crippen LogP contribution in [0.4, 0.5) is 5.69 Å². The molecule has 4 nitrogen and oxygen atoms in total. The monoisotopic (exact) mass is 373 g/mol. The fourth-order valence-corrected chi connectivity index (χ4v) is 4.13. The van der Waals surface area contributed by atoms with Gasteiger partial charge < -0.3 is 9.30 Å². The second kappa shape index (κ2) is 7.27. The largest absolute Gasteiger partial charge is 0.497 e. The predicted molar refractivity (Wildman–Crippen MR) is 116 cm³/mol. The van der Waals surface area contributed by atoms with Gasteiger partial charge in [-0.05, 0) is 63.1 Å². The summed E-state index contributed by atoms with van der Waals surface area (Å²) in [6, 6.07) is 14.8. The van der Waals surface area contributed by atoms with Gasteiger partial charge in [0.05, 0.1) is 24.5 Å². The number of benzene rings is 2. The van der Waals surface area contributed by atoms with Crippen molar-refractivity contribution in [3.8, 4) is 28.4 Å². The van der Waals surface area contributed by atoms with Gasteiger partial charge in [-0.15, -0.1) is 0 Å². The average Bonchev–Trinajstić information content (AvgIpc) is 2.98. The van der Waals surface area contributed by atoms with Gasteiger partial charge in [-0.3, -0.25) is 4.99 Å². The van der Waals surface area contributed by atoms with Gasteiger partial charge >= 0.3 is 0 Å². The molecule has 144 valence electrons. The Balaban J connectivity index is 1.97. The number of methoxy groups -OCH3 is 1. The van der Waals surface area contributed by atoms with Gasteiger partial charge in [0.15, 0.2) is 0 Å². The van der Waals surface area contributed by atoms with Crippen molar-refractivity contribution in [2.24, 2.45) is 4.99 Å². The van der Waals surface area contributed by atoms with Gasteiger partial charge in [-0.25, -0.2) is 4.98 Å². The molecular formula is C24H27N3O. The molecule has 2 aromatic carbocycles. The number of aryl methyl sites for hydroxylation is 1. The van der Waals surface area contributed by atoms with Gasteiger partial charge in [0, 0.05) is 22.5 Å². The molecule has 28 heavy (non-hydrogen) atoms. The summed E-state index contributed by atoms with van der Waals surface area (Å²) in [6.07, 6.45) is 2.07. The first kappa shape index (κ1) is 18.5. The Bertz CT molecular complexity index is 1060. The van der Waals surface area contributed by atoms with E-state index in [1.165, 1.54) is 11.3 Å². The van der Waals surface area contributed by atoms with Crippen molar-refractivity contribution in [3.63, 3.8) is 0 Å². The van der Waals surface area contributed by atoms with Gasteiger partial charge in [0.2, 0.25) is 0 Å². The third kappa shape index (κ3) is 3.03. The van der Waals surface area contributed by atoms with Crippen LogP contribution in [0, 0.1) is 13.8 Å². The minimum atomic E-state index is 0.176. The Morgan fingerprint density at radius 3 is 2.64 bits per heavy atom. The van der Waals surface area contributed by atoms with Crippen molar-refractivity contribution in [2.45, 2.75) is 46.6 Å². The molecule has 1 aromatic heterocycles. The number of imidazole rings is 1. The van der Waals surface area contributed by atoms with Crippen molar-refractivity contribution < 1.29 is 4.74 Å². The summed E-state index contributed by atoms with van der Waals surface area (Å²) in [4.78, 5) is 10.1. The van der Waals surface area contributed by atoms with E-state index in [9.17, 15) is 0 Å². The third-order valence-electron chi connectivity index (χ3n) is 5.49. The van der Waals surface area contributed by atoms with Crippen LogP contribution in [-0.4, -0.2) is 22.4 Å². The van der Waals surface area contributed by atoms with Crippen LogP contribution in [0.3, 0.4) is 0 Å². The molecular weight excluding hydrogens is 346 g/mol. The molecule has 0 amide bonds. The molecule has 1 aliphatic rings. The van der Waals surface area contributed by atoms with Crippen molar-refractivity contribution in [3.05, 3.63) is 53.7 Å². The summed E-state index contributed by atoms with van der Waals surface area (Å²) in [5.74, 6) is 1.85. The summed E-state index contributed by atoms with van der Waals surface area (Å²) in [5, 5.41) is 0. The van der Waals surface area contributed by atoms with E-state index in [0.717, 1.165) is 52.6 Å². The van der Waals surface area contributed by atoms with Crippen molar-refractivity contribution in [1.82, 2.24) is 9.55 Å².